The van der Waals surface area contributed by atoms with Gasteiger partial charge in [-0.1, -0.05) is 0 Å². The van der Waals surface area contributed by atoms with Crippen molar-refractivity contribution in [3.05, 3.63) is 29.8 Å². The van der Waals surface area contributed by atoms with Crippen molar-refractivity contribution in [1.29, 1.82) is 0 Å². The third kappa shape index (κ3) is 5.78. The minimum absolute atomic E-state index is 0.103. The van der Waals surface area contributed by atoms with Gasteiger partial charge in [0.05, 0.1) is 25.6 Å². The number of hydrogen-bond acceptors (Lipinski definition) is 7. The average molecular weight is 580 g/mol. The van der Waals surface area contributed by atoms with Crippen LogP contribution in [-0.4, -0.2) is 87.5 Å². The van der Waals surface area contributed by atoms with Gasteiger partial charge in [-0.3, -0.25) is 14.7 Å². The van der Waals surface area contributed by atoms with E-state index in [2.05, 4.69) is 20.5 Å². The number of methoxy groups -OCH3 is 2. The molecular weight excluding hydrogens is 543 g/mol. The van der Waals surface area contributed by atoms with E-state index in [0.29, 0.717) is 19.4 Å². The Bertz CT molecular complexity index is 1280. The summed E-state index contributed by atoms with van der Waals surface area (Å²) in [6, 6.07) is 2.62. The van der Waals surface area contributed by atoms with E-state index in [4.69, 9.17) is 9.47 Å². The Hall–Kier alpha value is -3.19. The zero-order chi connectivity index (χ0) is 29.4. The lowest BCUT2D eigenvalue weighted by atomic mass is 9.77. The van der Waals surface area contributed by atoms with Gasteiger partial charge in [0.1, 0.15) is 11.3 Å². The molecule has 3 N–H and O–H groups in total. The number of amides is 2. The standard InChI is InChI=1S/C28H36F3N5O5/c1-40-12-10-28(30,31)27(39)6-3-18(4-7-27)33-24(37)17-5-11-36(26(15-17)8-9-26)25(38)22-14-21(34-35-22)19-13-23(41-2)32-16-20(19)29/h13-14,16-18,39H,3-12,15H2,1-2H3,(H,33,37)(H,34,35). The smallest absolute Gasteiger partial charge is 0.278 e. The first kappa shape index (κ1) is 29.3. The highest BCUT2D eigenvalue weighted by Gasteiger charge is 2.56. The van der Waals surface area contributed by atoms with E-state index in [1.54, 1.807) is 4.90 Å². The van der Waals surface area contributed by atoms with Crippen molar-refractivity contribution >= 4 is 11.8 Å². The van der Waals surface area contributed by atoms with Crippen molar-refractivity contribution in [1.82, 2.24) is 25.4 Å². The van der Waals surface area contributed by atoms with Crippen molar-refractivity contribution in [3.8, 4) is 17.1 Å². The van der Waals surface area contributed by atoms with Gasteiger partial charge < -0.3 is 24.8 Å². The Morgan fingerprint density at radius 1 is 1.20 bits per heavy atom. The molecule has 1 atom stereocenters. The van der Waals surface area contributed by atoms with Crippen molar-refractivity contribution in [3.63, 3.8) is 0 Å². The molecule has 0 aromatic carbocycles. The number of likely N-dealkylation sites (tertiary alicyclic amines) is 1. The maximum Gasteiger partial charge on any atom is 0.278 e. The molecular formula is C28H36F3N5O5. The topological polar surface area (TPSA) is 130 Å². The Morgan fingerprint density at radius 2 is 1.93 bits per heavy atom. The van der Waals surface area contributed by atoms with Gasteiger partial charge in [-0.25, -0.2) is 18.2 Å². The minimum Gasteiger partial charge on any atom is -0.481 e. The number of halogens is 3. The molecule has 13 heteroatoms. The maximum atomic E-state index is 14.5. The van der Waals surface area contributed by atoms with Crippen LogP contribution < -0.4 is 10.1 Å². The SMILES string of the molecule is COCCC(F)(F)C1(O)CCC(NC(=O)C2CCN(C(=O)c3cc(-c4cc(OC)ncc4F)n[nH]3)C3(CC3)C2)CC1. The van der Waals surface area contributed by atoms with Gasteiger partial charge >= 0.3 is 0 Å². The van der Waals surface area contributed by atoms with Gasteiger partial charge in [-0.2, -0.15) is 5.10 Å². The average Bonchev–Trinajstić information content (AvgIpc) is 3.54. The predicted molar refractivity (Wildman–Crippen MR) is 141 cm³/mol. The molecule has 3 heterocycles. The number of pyridine rings is 1. The molecule has 1 unspecified atom stereocenters. The summed E-state index contributed by atoms with van der Waals surface area (Å²) in [7, 11) is 2.76. The zero-order valence-corrected chi connectivity index (χ0v) is 23.2. The van der Waals surface area contributed by atoms with Gasteiger partial charge in [-0.15, -0.1) is 0 Å². The lowest BCUT2D eigenvalue weighted by Gasteiger charge is -2.42. The van der Waals surface area contributed by atoms with Gasteiger partial charge in [-0.05, 0) is 57.4 Å². The number of aromatic amines is 1. The summed E-state index contributed by atoms with van der Waals surface area (Å²) in [5, 5.41) is 20.4. The number of ether oxygens (including phenoxy) is 2. The highest BCUT2D eigenvalue weighted by molar-refractivity contribution is 5.94. The summed E-state index contributed by atoms with van der Waals surface area (Å²) >= 11 is 0. The Kier molecular flexibility index (Phi) is 8.03. The number of carbonyl (C=O) groups is 2. The molecule has 2 aliphatic carbocycles. The minimum atomic E-state index is -3.26. The van der Waals surface area contributed by atoms with Crippen LogP contribution in [0.2, 0.25) is 0 Å². The molecule has 224 valence electrons. The largest absolute Gasteiger partial charge is 0.481 e. The van der Waals surface area contributed by atoms with Crippen LogP contribution in [0.25, 0.3) is 11.3 Å². The molecule has 41 heavy (non-hydrogen) atoms. The highest BCUT2D eigenvalue weighted by Crippen LogP contribution is 2.51. The first-order valence-electron chi connectivity index (χ1n) is 14.0. The van der Waals surface area contributed by atoms with E-state index in [0.717, 1.165) is 19.0 Å². The molecule has 2 amide bonds. The quantitative estimate of drug-likeness (QED) is 0.415. The van der Waals surface area contributed by atoms with Crippen LogP contribution in [0, 0.1) is 11.7 Å². The first-order chi connectivity index (χ1) is 19.5. The van der Waals surface area contributed by atoms with Gasteiger partial charge in [0.15, 0.2) is 5.82 Å². The van der Waals surface area contributed by atoms with Crippen LogP contribution in [0.4, 0.5) is 13.2 Å². The van der Waals surface area contributed by atoms with E-state index >= 15 is 0 Å². The van der Waals surface area contributed by atoms with E-state index in [9.17, 15) is 27.9 Å². The summed E-state index contributed by atoms with van der Waals surface area (Å²) in [6.07, 6.45) is 3.31. The summed E-state index contributed by atoms with van der Waals surface area (Å²) in [5.74, 6) is -4.34. The van der Waals surface area contributed by atoms with E-state index in [1.807, 2.05) is 0 Å². The molecule has 10 nitrogen and oxygen atoms in total. The van der Waals surface area contributed by atoms with Crippen LogP contribution in [0.3, 0.4) is 0 Å². The third-order valence-corrected chi connectivity index (χ3v) is 8.93. The highest BCUT2D eigenvalue weighted by atomic mass is 19.3. The molecule has 1 saturated heterocycles. The summed E-state index contributed by atoms with van der Waals surface area (Å²) in [6.45, 7) is 0.233. The second-order valence-electron chi connectivity index (χ2n) is 11.5. The molecule has 0 bridgehead atoms. The van der Waals surface area contributed by atoms with Crippen molar-refractivity contribution in [2.24, 2.45) is 5.92 Å². The number of aliphatic hydroxyl groups is 1. The third-order valence-electron chi connectivity index (χ3n) is 8.93. The summed E-state index contributed by atoms with van der Waals surface area (Å²) < 4.78 is 53.2. The predicted octanol–water partition coefficient (Wildman–Crippen LogP) is 3.47. The van der Waals surface area contributed by atoms with Crippen LogP contribution in [-0.2, 0) is 9.53 Å². The zero-order valence-electron chi connectivity index (χ0n) is 23.2. The number of alkyl halides is 2. The van der Waals surface area contributed by atoms with Gasteiger partial charge in [0.25, 0.3) is 11.8 Å². The molecule has 2 saturated carbocycles. The first-order valence-corrected chi connectivity index (χ1v) is 14.0. The number of piperidine rings is 1. The van der Waals surface area contributed by atoms with Crippen molar-refractivity contribution in [2.45, 2.75) is 80.9 Å². The van der Waals surface area contributed by atoms with E-state index in [1.165, 1.54) is 26.4 Å². The molecule has 3 fully saturated rings. The Morgan fingerprint density at radius 3 is 2.59 bits per heavy atom. The number of carbonyl (C=O) groups excluding carboxylic acids is 2. The Balaban J connectivity index is 1.17. The molecule has 2 aromatic rings. The lowest BCUT2D eigenvalue weighted by Crippen LogP contribution is -2.55. The summed E-state index contributed by atoms with van der Waals surface area (Å²) in [4.78, 5) is 32.2. The number of H-pyrrole nitrogens is 1. The van der Waals surface area contributed by atoms with Crippen molar-refractivity contribution in [2.75, 3.05) is 27.4 Å². The fraction of sp³-hybridized carbons (Fsp3) is 0.643. The van der Waals surface area contributed by atoms with Crippen LogP contribution >= 0.6 is 0 Å². The second kappa shape index (κ2) is 11.2. The number of nitrogens with one attached hydrogen (secondary N) is 2. The van der Waals surface area contributed by atoms with E-state index < -0.39 is 29.3 Å². The van der Waals surface area contributed by atoms with Gasteiger partial charge in [0, 0.05) is 49.2 Å². The van der Waals surface area contributed by atoms with Gasteiger partial charge in [0.2, 0.25) is 11.8 Å². The number of aromatic nitrogens is 3. The normalized spacial score (nSPS) is 25.7. The lowest BCUT2D eigenvalue weighted by molar-refractivity contribution is -0.204. The monoisotopic (exact) mass is 579 g/mol. The molecule has 1 spiro atoms. The summed E-state index contributed by atoms with van der Waals surface area (Å²) in [5.41, 5.74) is -1.89. The van der Waals surface area contributed by atoms with Crippen LogP contribution in [0.5, 0.6) is 5.88 Å². The number of hydrogen-bond donors (Lipinski definition) is 3. The van der Waals surface area contributed by atoms with E-state index in [-0.39, 0.29) is 78.9 Å². The Labute approximate surface area is 236 Å². The maximum absolute atomic E-state index is 14.5. The molecule has 2 aromatic heterocycles. The fourth-order valence-corrected chi connectivity index (χ4v) is 6.18. The second-order valence-corrected chi connectivity index (χ2v) is 11.5. The molecule has 1 aliphatic heterocycles. The molecule has 0 radical (unpaired) electrons. The van der Waals surface area contributed by atoms with Crippen LogP contribution in [0.15, 0.2) is 18.3 Å². The number of rotatable bonds is 9. The number of nitrogens with zero attached hydrogens (tertiary/aromatic N) is 3. The van der Waals surface area contributed by atoms with Crippen LogP contribution in [0.1, 0.15) is 68.3 Å². The van der Waals surface area contributed by atoms with Crippen molar-refractivity contribution < 1.29 is 37.3 Å². The molecule has 5 rings (SSSR count). The molecule has 3 aliphatic rings. The fourth-order valence-electron chi connectivity index (χ4n) is 6.18.